The average molecular weight is 899 g/mol. The monoisotopic (exact) mass is 898 g/mol. The molecule has 7 rings (SSSR count). The summed E-state index contributed by atoms with van der Waals surface area (Å²) in [7, 11) is 1.41. The van der Waals surface area contributed by atoms with Crippen molar-refractivity contribution in [1.82, 2.24) is 39.4 Å². The van der Waals surface area contributed by atoms with E-state index in [0.29, 0.717) is 94.4 Å². The van der Waals surface area contributed by atoms with E-state index in [0.717, 1.165) is 30.5 Å². The van der Waals surface area contributed by atoms with Crippen LogP contribution in [0.25, 0.3) is 17.1 Å². The Kier molecular flexibility index (Phi) is 13.7. The third kappa shape index (κ3) is 10.1. The summed E-state index contributed by atoms with van der Waals surface area (Å²) in [4.78, 5) is 66.0. The molecular formula is C41H52ClF3N13O5+. The molecule has 3 aliphatic heterocycles. The molecule has 3 saturated heterocycles. The minimum absolute atomic E-state index is 0.0267. The SMILES string of the molecule is Cn1c(-c2cn(-c3ccc(N(CCN)CCN)cn3)nc2C(F)(F)F)cnc1C(=O)Nc1ccc(C(=O)N2CCN(C(=O)C3CC[N+](CC(=O)O)(CC4CNC4)CC3)CC2)c(Cl)c1. The lowest BCUT2D eigenvalue weighted by Gasteiger charge is -2.46. The largest absolute Gasteiger partial charge is 0.477 e. The van der Waals surface area contributed by atoms with E-state index in [1.54, 1.807) is 15.9 Å². The van der Waals surface area contributed by atoms with E-state index in [1.165, 1.54) is 48.3 Å². The number of pyridine rings is 1. The Bertz CT molecular complexity index is 2290. The predicted molar refractivity (Wildman–Crippen MR) is 227 cm³/mol. The minimum atomic E-state index is -4.85. The summed E-state index contributed by atoms with van der Waals surface area (Å²) in [5, 5.41) is 19.4. The van der Waals surface area contributed by atoms with Gasteiger partial charge in [0.2, 0.25) is 5.91 Å². The molecule has 3 amide bonds. The van der Waals surface area contributed by atoms with Gasteiger partial charge in [-0.25, -0.2) is 19.4 Å². The highest BCUT2D eigenvalue weighted by Crippen LogP contribution is 2.37. The summed E-state index contributed by atoms with van der Waals surface area (Å²) >= 11 is 6.57. The maximum Gasteiger partial charge on any atom is 0.435 e. The van der Waals surface area contributed by atoms with Gasteiger partial charge in [0.25, 0.3) is 11.8 Å². The second kappa shape index (κ2) is 19.0. The van der Waals surface area contributed by atoms with Gasteiger partial charge in [-0.2, -0.15) is 18.3 Å². The number of amides is 3. The maximum atomic E-state index is 14.3. The van der Waals surface area contributed by atoms with Gasteiger partial charge in [-0.3, -0.25) is 14.4 Å². The summed E-state index contributed by atoms with van der Waals surface area (Å²) in [5.74, 6) is -1.69. The molecule has 6 heterocycles. The summed E-state index contributed by atoms with van der Waals surface area (Å²) in [6, 6.07) is 7.59. The molecule has 4 aromatic rings. The number of anilines is 2. The first-order valence-corrected chi connectivity index (χ1v) is 21.2. The summed E-state index contributed by atoms with van der Waals surface area (Å²) < 4.78 is 45.7. The number of halogens is 4. The number of nitrogens with one attached hydrogen (secondary N) is 2. The summed E-state index contributed by atoms with van der Waals surface area (Å²) in [6.45, 7) is 6.99. The highest BCUT2D eigenvalue weighted by atomic mass is 35.5. The zero-order chi connectivity index (χ0) is 45.1. The Balaban J connectivity index is 0.961. The number of imidazole rings is 1. The van der Waals surface area contributed by atoms with Crippen LogP contribution < -0.4 is 27.0 Å². The van der Waals surface area contributed by atoms with Crippen LogP contribution in [0.2, 0.25) is 5.02 Å². The van der Waals surface area contributed by atoms with Gasteiger partial charge in [0, 0.05) is 109 Å². The van der Waals surface area contributed by atoms with Gasteiger partial charge < -0.3 is 51.0 Å². The number of aliphatic carboxylic acids is 1. The Morgan fingerprint density at radius 1 is 0.984 bits per heavy atom. The number of carboxylic acid groups (broad SMARTS) is 1. The molecule has 63 heavy (non-hydrogen) atoms. The zero-order valence-corrected chi connectivity index (χ0v) is 35.6. The number of likely N-dealkylation sites (tertiary alicyclic amines) is 1. The lowest BCUT2D eigenvalue weighted by Crippen LogP contribution is -2.62. The lowest BCUT2D eigenvalue weighted by molar-refractivity contribution is -0.929. The Labute approximate surface area is 366 Å². The van der Waals surface area contributed by atoms with Crippen LogP contribution in [0, 0.1) is 11.8 Å². The number of benzene rings is 1. The molecule has 0 bridgehead atoms. The van der Waals surface area contributed by atoms with Gasteiger partial charge in [-0.1, -0.05) is 11.6 Å². The number of hydrogen-bond acceptors (Lipinski definition) is 11. The number of piperazine rings is 1. The fourth-order valence-corrected chi connectivity index (χ4v) is 8.99. The number of aromatic nitrogens is 5. The lowest BCUT2D eigenvalue weighted by atomic mass is 9.90. The molecule has 1 aromatic carbocycles. The van der Waals surface area contributed by atoms with Gasteiger partial charge in [-0.15, -0.1) is 0 Å². The van der Waals surface area contributed by atoms with E-state index in [-0.39, 0.29) is 63.5 Å². The van der Waals surface area contributed by atoms with Gasteiger partial charge >= 0.3 is 12.1 Å². The molecule has 0 spiro atoms. The summed E-state index contributed by atoms with van der Waals surface area (Å²) in [5.41, 5.74) is 11.0. The Morgan fingerprint density at radius 3 is 2.24 bits per heavy atom. The molecule has 0 radical (unpaired) electrons. The van der Waals surface area contributed by atoms with Crippen LogP contribution in [-0.4, -0.2) is 159 Å². The van der Waals surface area contributed by atoms with Crippen LogP contribution in [0.4, 0.5) is 24.5 Å². The Morgan fingerprint density at radius 2 is 1.67 bits per heavy atom. The summed E-state index contributed by atoms with van der Waals surface area (Å²) in [6.07, 6.45) is 0.220. The van der Waals surface area contributed by atoms with Crippen molar-refractivity contribution in [3.05, 3.63) is 71.0 Å². The van der Waals surface area contributed by atoms with Crippen molar-refractivity contribution < 1.29 is 41.9 Å². The number of carbonyl (C=O) groups is 4. The highest BCUT2D eigenvalue weighted by molar-refractivity contribution is 6.34. The van der Waals surface area contributed by atoms with Crippen molar-refractivity contribution in [1.29, 1.82) is 0 Å². The first kappa shape index (κ1) is 45.4. The standard InChI is InChI=1S/C41H51ClF3N13O5/c1-53-33(31-23-57(52-36(31)41(43,44)45)34-5-3-29(21-49-34)54(10-8-46)11-9-47)22-50-37(53)38(61)51-28-2-4-30(32(42)18-28)40(63)56-14-12-55(13-15-56)39(62)27-6-16-58(17-7-27,25-35(59)60)24-26-19-48-20-26/h2-5,18,21-23,26-27,48H,6-17,19-20,24-25,46-47H2,1H3,(H-,51,59,60,61,63)/p+1. The number of hydrogen-bond donors (Lipinski definition) is 5. The van der Waals surface area contributed by atoms with Crippen LogP contribution >= 0.6 is 11.6 Å². The van der Waals surface area contributed by atoms with E-state index in [1.807, 2.05) is 4.90 Å². The van der Waals surface area contributed by atoms with Crippen LogP contribution in [0.1, 0.15) is 39.5 Å². The van der Waals surface area contributed by atoms with E-state index in [2.05, 4.69) is 25.7 Å². The maximum absolute atomic E-state index is 14.3. The van der Waals surface area contributed by atoms with Crippen molar-refractivity contribution in [2.45, 2.75) is 19.0 Å². The number of carbonyl (C=O) groups excluding carboxylic acids is 3. The number of nitrogens with two attached hydrogens (primary N) is 2. The molecule has 3 aliphatic rings. The van der Waals surface area contributed by atoms with Crippen molar-refractivity contribution >= 4 is 46.7 Å². The third-order valence-corrected chi connectivity index (χ3v) is 12.5. The smallest absolute Gasteiger partial charge is 0.435 e. The minimum Gasteiger partial charge on any atom is -0.477 e. The number of nitrogens with zero attached hydrogens (tertiary/aromatic N) is 9. The van der Waals surface area contributed by atoms with Crippen LogP contribution in [0.5, 0.6) is 0 Å². The molecule has 7 N–H and O–H groups in total. The molecule has 18 nitrogen and oxygen atoms in total. The topological polar surface area (TPSA) is 223 Å². The average Bonchev–Trinajstić information content (AvgIpc) is 3.86. The number of alkyl halides is 3. The van der Waals surface area contributed by atoms with Crippen molar-refractivity contribution in [2.75, 3.05) is 102 Å². The van der Waals surface area contributed by atoms with Crippen LogP contribution in [-0.2, 0) is 22.8 Å². The normalized spacial score (nSPS) is 19.4. The molecule has 0 atom stereocenters. The van der Waals surface area contributed by atoms with E-state index >= 15 is 0 Å². The second-order valence-electron chi connectivity index (χ2n) is 16.4. The molecule has 0 saturated carbocycles. The first-order valence-electron chi connectivity index (χ1n) is 20.9. The van der Waals surface area contributed by atoms with E-state index < -0.39 is 23.7 Å². The van der Waals surface area contributed by atoms with E-state index in [9.17, 15) is 37.5 Å². The molecule has 3 fully saturated rings. The molecule has 338 valence electrons. The molecule has 22 heteroatoms. The molecule has 0 unspecified atom stereocenters. The second-order valence-corrected chi connectivity index (χ2v) is 16.8. The first-order chi connectivity index (χ1) is 30.1. The zero-order valence-electron chi connectivity index (χ0n) is 34.9. The van der Waals surface area contributed by atoms with Gasteiger partial charge in [0.05, 0.1) is 59.6 Å². The molecule has 3 aromatic heterocycles. The predicted octanol–water partition coefficient (Wildman–Crippen LogP) is 2.13. The van der Waals surface area contributed by atoms with Crippen molar-refractivity contribution in [2.24, 2.45) is 30.4 Å². The van der Waals surface area contributed by atoms with E-state index in [4.69, 9.17) is 23.1 Å². The Hall–Kier alpha value is -5.61. The van der Waals surface area contributed by atoms with Gasteiger partial charge in [-0.05, 0) is 30.3 Å². The fraction of sp³-hybridized carbons (Fsp3) is 0.488. The van der Waals surface area contributed by atoms with Crippen molar-refractivity contribution in [3.8, 4) is 17.1 Å². The quantitative estimate of drug-likeness (QED) is 0.108. The van der Waals surface area contributed by atoms with Crippen LogP contribution in [0.3, 0.4) is 0 Å². The van der Waals surface area contributed by atoms with Crippen LogP contribution in [0.15, 0.2) is 48.9 Å². The van der Waals surface area contributed by atoms with Crippen molar-refractivity contribution in [3.63, 3.8) is 0 Å². The number of rotatable bonds is 15. The third-order valence-electron chi connectivity index (χ3n) is 12.2. The highest BCUT2D eigenvalue weighted by Gasteiger charge is 2.43. The molecule has 0 aliphatic carbocycles. The number of piperidine rings is 1. The van der Waals surface area contributed by atoms with Gasteiger partial charge in [0.15, 0.2) is 23.9 Å². The fourth-order valence-electron chi connectivity index (χ4n) is 8.73. The number of carboxylic acids is 1. The van der Waals surface area contributed by atoms with Gasteiger partial charge in [0.1, 0.15) is 0 Å². The number of quaternary nitrogens is 1. The molecular weight excluding hydrogens is 847 g/mol.